The molecule has 1 atom stereocenters. The molecule has 0 amide bonds. The van der Waals surface area contributed by atoms with Gasteiger partial charge in [0.2, 0.25) is 5.95 Å². The lowest BCUT2D eigenvalue weighted by Crippen LogP contribution is -2.50. The Morgan fingerprint density at radius 1 is 1.24 bits per heavy atom. The van der Waals surface area contributed by atoms with Gasteiger partial charge in [-0.15, -0.1) is 0 Å². The fourth-order valence-electron chi connectivity index (χ4n) is 2.67. The van der Waals surface area contributed by atoms with Gasteiger partial charge in [-0.05, 0) is 24.6 Å². The molecule has 2 heterocycles. The predicted octanol–water partition coefficient (Wildman–Crippen LogP) is 1.26. The number of benzene rings is 1. The van der Waals surface area contributed by atoms with Crippen LogP contribution in [0, 0.1) is 0 Å². The summed E-state index contributed by atoms with van der Waals surface area (Å²) in [6, 6.07) is 7.01. The van der Waals surface area contributed by atoms with E-state index in [1.54, 1.807) is 36.7 Å². The summed E-state index contributed by atoms with van der Waals surface area (Å²) in [6.45, 7) is 5.20. The molecule has 2 aromatic rings. The van der Waals surface area contributed by atoms with E-state index in [2.05, 4.69) is 27.1 Å². The van der Waals surface area contributed by atoms with Gasteiger partial charge in [0.05, 0.1) is 17.3 Å². The summed E-state index contributed by atoms with van der Waals surface area (Å²) in [6.07, 6.45) is 4.53. The normalized spacial score (nSPS) is 18.2. The first-order valence-electron chi connectivity index (χ1n) is 8.15. The average molecular weight is 362 g/mol. The van der Waals surface area contributed by atoms with Crippen molar-refractivity contribution in [2.45, 2.75) is 24.5 Å². The standard InChI is InChI=1S/C17H22N4O3S/c1-13-9-18-7-8-21(13)17-19-10-15(11-20-17)24-12-14-3-5-16(6-4-14)25(2,22)23/h3-6,10-11,13,18H,7-9,12H2,1-2H3/t13-/m1/s1. The van der Waals surface area contributed by atoms with Gasteiger partial charge in [0, 0.05) is 31.9 Å². The van der Waals surface area contributed by atoms with Gasteiger partial charge in [0.25, 0.3) is 0 Å². The Hall–Kier alpha value is -2.19. The molecule has 1 saturated heterocycles. The summed E-state index contributed by atoms with van der Waals surface area (Å²) in [5, 5.41) is 3.34. The zero-order chi connectivity index (χ0) is 17.9. The van der Waals surface area contributed by atoms with Crippen molar-refractivity contribution in [3.63, 3.8) is 0 Å². The summed E-state index contributed by atoms with van der Waals surface area (Å²) in [4.78, 5) is 11.3. The van der Waals surface area contributed by atoms with Crippen LogP contribution in [-0.4, -0.2) is 50.3 Å². The van der Waals surface area contributed by atoms with E-state index in [4.69, 9.17) is 4.74 Å². The van der Waals surface area contributed by atoms with Crippen LogP contribution in [0.5, 0.6) is 5.75 Å². The number of rotatable bonds is 5. The smallest absolute Gasteiger partial charge is 0.225 e. The molecule has 3 rings (SSSR count). The Labute approximate surface area is 148 Å². The van der Waals surface area contributed by atoms with Crippen LogP contribution in [0.4, 0.5) is 5.95 Å². The molecule has 1 fully saturated rings. The molecule has 0 spiro atoms. The quantitative estimate of drug-likeness (QED) is 0.857. The van der Waals surface area contributed by atoms with E-state index < -0.39 is 9.84 Å². The average Bonchev–Trinajstić information content (AvgIpc) is 2.61. The minimum atomic E-state index is -3.18. The van der Waals surface area contributed by atoms with Crippen LogP contribution < -0.4 is 15.0 Å². The van der Waals surface area contributed by atoms with Crippen molar-refractivity contribution in [3.8, 4) is 5.75 Å². The van der Waals surface area contributed by atoms with E-state index in [9.17, 15) is 8.42 Å². The lowest BCUT2D eigenvalue weighted by atomic mass is 10.2. The van der Waals surface area contributed by atoms with Gasteiger partial charge >= 0.3 is 0 Å². The number of nitrogens with one attached hydrogen (secondary N) is 1. The van der Waals surface area contributed by atoms with E-state index in [1.165, 1.54) is 6.26 Å². The largest absolute Gasteiger partial charge is 0.486 e. The second kappa shape index (κ2) is 7.37. The molecule has 8 heteroatoms. The number of hydrogen-bond donors (Lipinski definition) is 1. The molecule has 1 aromatic carbocycles. The molecular formula is C17H22N4O3S. The molecule has 0 unspecified atom stereocenters. The highest BCUT2D eigenvalue weighted by Crippen LogP contribution is 2.17. The van der Waals surface area contributed by atoms with Gasteiger partial charge in [-0.2, -0.15) is 0 Å². The van der Waals surface area contributed by atoms with Crippen molar-refractivity contribution >= 4 is 15.8 Å². The summed E-state index contributed by atoms with van der Waals surface area (Å²) in [5.41, 5.74) is 0.882. The Kier molecular flexibility index (Phi) is 5.19. The van der Waals surface area contributed by atoms with Gasteiger partial charge in [0.1, 0.15) is 6.61 Å². The Bertz CT molecular complexity index is 807. The van der Waals surface area contributed by atoms with E-state index in [0.717, 1.165) is 25.2 Å². The van der Waals surface area contributed by atoms with Crippen LogP contribution in [0.3, 0.4) is 0 Å². The van der Waals surface area contributed by atoms with Gasteiger partial charge in [-0.1, -0.05) is 12.1 Å². The summed E-state index contributed by atoms with van der Waals surface area (Å²) < 4.78 is 28.6. The summed E-state index contributed by atoms with van der Waals surface area (Å²) in [7, 11) is -3.18. The van der Waals surface area contributed by atoms with Gasteiger partial charge in [0.15, 0.2) is 15.6 Å². The summed E-state index contributed by atoms with van der Waals surface area (Å²) in [5.74, 6) is 1.29. The summed E-state index contributed by atoms with van der Waals surface area (Å²) >= 11 is 0. The van der Waals surface area contributed by atoms with Crippen molar-refractivity contribution in [2.24, 2.45) is 0 Å². The fourth-order valence-corrected chi connectivity index (χ4v) is 3.30. The maximum Gasteiger partial charge on any atom is 0.225 e. The van der Waals surface area contributed by atoms with Crippen molar-refractivity contribution in [2.75, 3.05) is 30.8 Å². The monoisotopic (exact) mass is 362 g/mol. The highest BCUT2D eigenvalue weighted by Gasteiger charge is 2.20. The van der Waals surface area contributed by atoms with Crippen LogP contribution >= 0.6 is 0 Å². The van der Waals surface area contributed by atoms with Crippen molar-refractivity contribution < 1.29 is 13.2 Å². The van der Waals surface area contributed by atoms with Crippen LogP contribution in [0.2, 0.25) is 0 Å². The molecule has 134 valence electrons. The molecular weight excluding hydrogens is 340 g/mol. The van der Waals surface area contributed by atoms with Crippen LogP contribution in [-0.2, 0) is 16.4 Å². The zero-order valence-corrected chi connectivity index (χ0v) is 15.2. The third-order valence-electron chi connectivity index (χ3n) is 4.13. The maximum atomic E-state index is 11.5. The fraction of sp³-hybridized carbons (Fsp3) is 0.412. The second-order valence-corrected chi connectivity index (χ2v) is 8.19. The number of aromatic nitrogens is 2. The number of sulfone groups is 1. The number of nitrogens with zero attached hydrogens (tertiary/aromatic N) is 3. The molecule has 7 nitrogen and oxygen atoms in total. The Balaban J connectivity index is 1.60. The first-order valence-corrected chi connectivity index (χ1v) is 10.0. The van der Waals surface area contributed by atoms with E-state index >= 15 is 0 Å². The Morgan fingerprint density at radius 2 is 1.92 bits per heavy atom. The molecule has 1 aliphatic rings. The number of piperazine rings is 1. The third kappa shape index (κ3) is 4.46. The first-order chi connectivity index (χ1) is 11.9. The second-order valence-electron chi connectivity index (χ2n) is 6.17. The lowest BCUT2D eigenvalue weighted by Gasteiger charge is -2.33. The number of anilines is 1. The van der Waals surface area contributed by atoms with E-state index in [-0.39, 0.29) is 0 Å². The molecule has 0 bridgehead atoms. The highest BCUT2D eigenvalue weighted by molar-refractivity contribution is 7.90. The van der Waals surface area contributed by atoms with Crippen molar-refractivity contribution in [3.05, 3.63) is 42.2 Å². The van der Waals surface area contributed by atoms with Gasteiger partial charge < -0.3 is 15.0 Å². The minimum Gasteiger partial charge on any atom is -0.486 e. The highest BCUT2D eigenvalue weighted by atomic mass is 32.2. The van der Waals surface area contributed by atoms with E-state index in [1.807, 2.05) is 0 Å². The van der Waals surface area contributed by atoms with Crippen LogP contribution in [0.1, 0.15) is 12.5 Å². The maximum absolute atomic E-state index is 11.5. The van der Waals surface area contributed by atoms with E-state index in [0.29, 0.717) is 29.2 Å². The predicted molar refractivity (Wildman–Crippen MR) is 95.6 cm³/mol. The lowest BCUT2D eigenvalue weighted by molar-refractivity contribution is 0.303. The van der Waals surface area contributed by atoms with Gasteiger partial charge in [-0.3, -0.25) is 0 Å². The van der Waals surface area contributed by atoms with Crippen molar-refractivity contribution in [1.29, 1.82) is 0 Å². The minimum absolute atomic E-state index is 0.300. The van der Waals surface area contributed by atoms with Gasteiger partial charge in [-0.25, -0.2) is 18.4 Å². The topological polar surface area (TPSA) is 84.4 Å². The molecule has 0 saturated carbocycles. The molecule has 0 aliphatic carbocycles. The first kappa shape index (κ1) is 17.6. The zero-order valence-electron chi connectivity index (χ0n) is 14.3. The molecule has 1 N–H and O–H groups in total. The molecule has 1 aliphatic heterocycles. The SMILES string of the molecule is C[C@@H]1CNCCN1c1ncc(OCc2ccc(S(C)(=O)=O)cc2)cn1. The van der Waals surface area contributed by atoms with Crippen LogP contribution in [0.15, 0.2) is 41.6 Å². The Morgan fingerprint density at radius 3 is 2.52 bits per heavy atom. The molecule has 25 heavy (non-hydrogen) atoms. The third-order valence-corrected chi connectivity index (χ3v) is 5.26. The number of hydrogen-bond acceptors (Lipinski definition) is 7. The molecule has 0 radical (unpaired) electrons. The van der Waals surface area contributed by atoms with Crippen molar-refractivity contribution in [1.82, 2.24) is 15.3 Å². The molecule has 1 aromatic heterocycles. The number of ether oxygens (including phenoxy) is 1. The van der Waals surface area contributed by atoms with Crippen LogP contribution in [0.25, 0.3) is 0 Å².